The van der Waals surface area contributed by atoms with E-state index in [1.54, 1.807) is 0 Å². The molecule has 1 aromatic rings. The molecule has 3 rings (SSSR count). The summed E-state index contributed by atoms with van der Waals surface area (Å²) in [6.45, 7) is 11.0. The van der Waals surface area contributed by atoms with Crippen molar-refractivity contribution in [3.05, 3.63) is 24.3 Å². The highest BCUT2D eigenvalue weighted by Crippen LogP contribution is 2.27. The molecule has 1 aromatic carbocycles. The zero-order chi connectivity index (χ0) is 23.1. The van der Waals surface area contributed by atoms with Crippen LogP contribution in [0.3, 0.4) is 0 Å². The van der Waals surface area contributed by atoms with Gasteiger partial charge in [0.25, 0.3) is 0 Å². The van der Waals surface area contributed by atoms with Gasteiger partial charge in [0.15, 0.2) is 0 Å². The first kappa shape index (κ1) is 25.3. The third-order valence-electron chi connectivity index (χ3n) is 6.92. The van der Waals surface area contributed by atoms with E-state index in [0.29, 0.717) is 5.92 Å². The number of sulfonamides is 1. The number of ether oxygens (including phenoxy) is 1. The number of anilines is 2. The molecule has 1 saturated carbocycles. The van der Waals surface area contributed by atoms with Crippen LogP contribution >= 0.6 is 0 Å². The predicted molar refractivity (Wildman–Crippen MR) is 134 cm³/mol. The van der Waals surface area contributed by atoms with Crippen molar-refractivity contribution in [2.75, 3.05) is 29.9 Å². The molecule has 182 valence electrons. The molecule has 2 fully saturated rings. The fourth-order valence-corrected chi connectivity index (χ4v) is 6.33. The second kappa shape index (κ2) is 11.7. The van der Waals surface area contributed by atoms with Crippen molar-refractivity contribution in [1.82, 2.24) is 4.72 Å². The molecule has 1 saturated heterocycles. The number of morpholine rings is 1. The summed E-state index contributed by atoms with van der Waals surface area (Å²) in [6, 6.07) is 8.81. The van der Waals surface area contributed by atoms with E-state index in [9.17, 15) is 8.42 Å². The Bertz CT molecular complexity index is 781. The van der Waals surface area contributed by atoms with E-state index in [1.165, 1.54) is 5.69 Å². The second-order valence-electron chi connectivity index (χ2n) is 9.92. The number of benzene rings is 1. The van der Waals surface area contributed by atoms with Gasteiger partial charge in [0.05, 0.1) is 17.5 Å². The molecule has 0 spiro atoms. The number of hydrogen-bond donors (Lipinski definition) is 2. The van der Waals surface area contributed by atoms with E-state index in [-0.39, 0.29) is 23.5 Å². The van der Waals surface area contributed by atoms with Gasteiger partial charge in [-0.15, -0.1) is 0 Å². The first-order valence-corrected chi connectivity index (χ1v) is 14.1. The molecule has 1 aliphatic carbocycles. The second-order valence-corrected chi connectivity index (χ2v) is 12.1. The van der Waals surface area contributed by atoms with E-state index in [2.05, 4.69) is 60.0 Å². The minimum absolute atomic E-state index is 0.0953. The van der Waals surface area contributed by atoms with E-state index >= 15 is 0 Å². The van der Waals surface area contributed by atoms with Crippen LogP contribution in [-0.2, 0) is 14.8 Å². The van der Waals surface area contributed by atoms with Gasteiger partial charge in [-0.3, -0.25) is 0 Å². The lowest BCUT2D eigenvalue weighted by molar-refractivity contribution is -0.00521. The van der Waals surface area contributed by atoms with Crippen molar-refractivity contribution >= 4 is 21.4 Å². The van der Waals surface area contributed by atoms with Crippen LogP contribution in [0, 0.1) is 5.92 Å². The molecule has 2 N–H and O–H groups in total. The Morgan fingerprint density at radius 2 is 1.69 bits per heavy atom. The SMILES string of the molecule is CCCCC(C)S(=O)(=O)NC1CCC(CNc2ccc(N3CC(C)OC(C)C3)cc2)CC1. The van der Waals surface area contributed by atoms with Crippen molar-refractivity contribution in [2.24, 2.45) is 5.92 Å². The van der Waals surface area contributed by atoms with Crippen molar-refractivity contribution in [3.8, 4) is 0 Å². The highest BCUT2D eigenvalue weighted by molar-refractivity contribution is 7.90. The quantitative estimate of drug-likeness (QED) is 0.521. The van der Waals surface area contributed by atoms with Crippen LogP contribution < -0.4 is 14.9 Å². The van der Waals surface area contributed by atoms with Crippen molar-refractivity contribution in [1.29, 1.82) is 0 Å². The van der Waals surface area contributed by atoms with Crippen molar-refractivity contribution in [3.63, 3.8) is 0 Å². The standard InChI is InChI=1S/C25H43N3O3S/c1-5-6-7-21(4)32(29,30)27-24-10-8-22(9-11-24)16-26-23-12-14-25(15-13-23)28-17-19(2)31-20(3)18-28/h12-15,19-22,24,26-27H,5-11,16-18H2,1-4H3. The first-order chi connectivity index (χ1) is 15.3. The Kier molecular flexibility index (Phi) is 9.26. The summed E-state index contributed by atoms with van der Waals surface area (Å²) in [5.41, 5.74) is 2.40. The number of unbranched alkanes of at least 4 members (excludes halogenated alkanes) is 1. The summed E-state index contributed by atoms with van der Waals surface area (Å²) in [4.78, 5) is 2.40. The zero-order valence-electron chi connectivity index (χ0n) is 20.3. The maximum Gasteiger partial charge on any atom is 0.214 e. The van der Waals surface area contributed by atoms with Gasteiger partial charge in [-0.2, -0.15) is 0 Å². The number of nitrogens with one attached hydrogen (secondary N) is 2. The topological polar surface area (TPSA) is 70.7 Å². The van der Waals surface area contributed by atoms with E-state index in [0.717, 1.165) is 70.3 Å². The van der Waals surface area contributed by atoms with Gasteiger partial charge < -0.3 is 15.0 Å². The Balaban J connectivity index is 1.40. The molecule has 6 nitrogen and oxygen atoms in total. The lowest BCUT2D eigenvalue weighted by Gasteiger charge is -2.37. The summed E-state index contributed by atoms with van der Waals surface area (Å²) >= 11 is 0. The molecule has 0 bridgehead atoms. The lowest BCUT2D eigenvalue weighted by Crippen LogP contribution is -2.45. The molecule has 3 atom stereocenters. The zero-order valence-corrected chi connectivity index (χ0v) is 21.2. The molecule has 7 heteroatoms. The summed E-state index contributed by atoms with van der Waals surface area (Å²) in [7, 11) is -3.20. The number of rotatable bonds is 10. The third kappa shape index (κ3) is 7.35. The number of nitrogens with zero attached hydrogens (tertiary/aromatic N) is 1. The molecular formula is C25H43N3O3S. The molecule has 0 aromatic heterocycles. The summed E-state index contributed by atoms with van der Waals surface area (Å²) in [6.07, 6.45) is 7.24. The monoisotopic (exact) mass is 465 g/mol. The third-order valence-corrected chi connectivity index (χ3v) is 8.88. The average Bonchev–Trinajstić information content (AvgIpc) is 2.76. The Hall–Kier alpha value is -1.31. The molecule has 1 aliphatic heterocycles. The molecule has 32 heavy (non-hydrogen) atoms. The summed E-state index contributed by atoms with van der Waals surface area (Å²) < 4.78 is 33.9. The van der Waals surface area contributed by atoms with Crippen LogP contribution in [0.2, 0.25) is 0 Å². The largest absolute Gasteiger partial charge is 0.385 e. The van der Waals surface area contributed by atoms with Crippen LogP contribution in [0.15, 0.2) is 24.3 Å². The fourth-order valence-electron chi connectivity index (χ4n) is 4.92. The van der Waals surface area contributed by atoms with Crippen LogP contribution in [0.5, 0.6) is 0 Å². The fraction of sp³-hybridized carbons (Fsp3) is 0.760. The molecule has 3 unspecified atom stereocenters. The molecule has 0 radical (unpaired) electrons. The molecule has 1 heterocycles. The minimum atomic E-state index is -3.20. The van der Waals surface area contributed by atoms with Gasteiger partial charge in [-0.25, -0.2) is 13.1 Å². The van der Waals surface area contributed by atoms with Crippen LogP contribution in [0.25, 0.3) is 0 Å². The van der Waals surface area contributed by atoms with Crippen LogP contribution in [0.4, 0.5) is 11.4 Å². The van der Waals surface area contributed by atoms with Crippen LogP contribution in [0.1, 0.15) is 72.6 Å². The minimum Gasteiger partial charge on any atom is -0.385 e. The highest BCUT2D eigenvalue weighted by atomic mass is 32.2. The van der Waals surface area contributed by atoms with Gasteiger partial charge in [0.2, 0.25) is 10.0 Å². The summed E-state index contributed by atoms with van der Waals surface area (Å²) in [5, 5.41) is 3.29. The Morgan fingerprint density at radius 3 is 2.28 bits per heavy atom. The van der Waals surface area contributed by atoms with E-state index in [4.69, 9.17) is 4.74 Å². The maximum absolute atomic E-state index is 12.5. The lowest BCUT2D eigenvalue weighted by atomic mass is 9.86. The average molecular weight is 466 g/mol. The maximum atomic E-state index is 12.5. The smallest absolute Gasteiger partial charge is 0.214 e. The Labute approximate surface area is 195 Å². The first-order valence-electron chi connectivity index (χ1n) is 12.5. The Morgan fingerprint density at radius 1 is 1.06 bits per heavy atom. The van der Waals surface area contributed by atoms with Crippen molar-refractivity contribution in [2.45, 2.75) is 96.1 Å². The van der Waals surface area contributed by atoms with Crippen LogP contribution in [-0.4, -0.2) is 51.6 Å². The van der Waals surface area contributed by atoms with Crippen molar-refractivity contribution < 1.29 is 13.2 Å². The summed E-state index contributed by atoms with van der Waals surface area (Å²) in [5.74, 6) is 0.592. The predicted octanol–water partition coefficient (Wildman–Crippen LogP) is 4.77. The van der Waals surface area contributed by atoms with Gasteiger partial charge in [0, 0.05) is 37.1 Å². The normalized spacial score (nSPS) is 27.8. The van der Waals surface area contributed by atoms with E-state index < -0.39 is 10.0 Å². The van der Waals surface area contributed by atoms with Gasteiger partial charge in [0.1, 0.15) is 0 Å². The van der Waals surface area contributed by atoms with Gasteiger partial charge in [-0.1, -0.05) is 19.8 Å². The number of hydrogen-bond acceptors (Lipinski definition) is 5. The molecule has 0 amide bonds. The van der Waals surface area contributed by atoms with Gasteiger partial charge in [-0.05, 0) is 83.1 Å². The van der Waals surface area contributed by atoms with Gasteiger partial charge >= 0.3 is 0 Å². The molecule has 2 aliphatic rings. The van der Waals surface area contributed by atoms with E-state index in [1.807, 2.05) is 6.92 Å². The molecular weight excluding hydrogens is 422 g/mol. The highest BCUT2D eigenvalue weighted by Gasteiger charge is 2.28.